The van der Waals surface area contributed by atoms with Gasteiger partial charge in [-0.1, -0.05) is 6.08 Å². The predicted octanol–water partition coefficient (Wildman–Crippen LogP) is 1.32. The molecule has 6 nitrogen and oxygen atoms in total. The lowest BCUT2D eigenvalue weighted by molar-refractivity contribution is -0.929. The second kappa shape index (κ2) is 8.57. The van der Waals surface area contributed by atoms with Crippen LogP contribution in [-0.2, 0) is 19.8 Å². The monoisotopic (exact) mass is 379 g/mol. The summed E-state index contributed by atoms with van der Waals surface area (Å²) in [6.45, 7) is 7.04. The van der Waals surface area contributed by atoms with Gasteiger partial charge in [0.15, 0.2) is 12.5 Å². The van der Waals surface area contributed by atoms with Crippen molar-refractivity contribution >= 4 is 12.2 Å². The number of ether oxygens (including phenoxy) is 1. The van der Waals surface area contributed by atoms with E-state index in [1.54, 1.807) is 18.2 Å². The fourth-order valence-corrected chi connectivity index (χ4v) is 3.35. The number of halogens is 1. The maximum atomic E-state index is 13.0. The van der Waals surface area contributed by atoms with Gasteiger partial charge in [0.2, 0.25) is 4.77 Å². The minimum absolute atomic E-state index is 0.190. The zero-order valence-corrected chi connectivity index (χ0v) is 15.4. The standard InChI is InChI=1S/C18H23FN4O2S/c1-2-9-22-17(12-25-16-5-3-14(19)4-6-16)20-23(18(22)26)13-21-10-7-15(24)8-11-21/h2-6,15,24H,1,7-13H2/p+1. The summed E-state index contributed by atoms with van der Waals surface area (Å²) < 4.78 is 23.1. The summed E-state index contributed by atoms with van der Waals surface area (Å²) in [5.41, 5.74) is 0. The maximum absolute atomic E-state index is 13.0. The van der Waals surface area contributed by atoms with E-state index in [-0.39, 0.29) is 18.5 Å². The minimum atomic E-state index is -0.300. The summed E-state index contributed by atoms with van der Waals surface area (Å²) in [5.74, 6) is 0.981. The van der Waals surface area contributed by atoms with Crippen molar-refractivity contribution in [2.75, 3.05) is 13.1 Å². The number of allylic oxidation sites excluding steroid dienone is 1. The van der Waals surface area contributed by atoms with E-state index in [9.17, 15) is 9.50 Å². The summed E-state index contributed by atoms with van der Waals surface area (Å²) in [7, 11) is 0. The summed E-state index contributed by atoms with van der Waals surface area (Å²) in [6, 6.07) is 5.89. The summed E-state index contributed by atoms with van der Waals surface area (Å²) in [5, 5.41) is 14.3. The molecule has 0 atom stereocenters. The van der Waals surface area contributed by atoms with Crippen molar-refractivity contribution in [3.63, 3.8) is 0 Å². The van der Waals surface area contributed by atoms with E-state index >= 15 is 0 Å². The Hall–Kier alpha value is -2.03. The summed E-state index contributed by atoms with van der Waals surface area (Å²) in [6.07, 6.45) is 3.19. The fourth-order valence-electron chi connectivity index (χ4n) is 3.07. The third-order valence-corrected chi connectivity index (χ3v) is 4.96. The van der Waals surface area contributed by atoms with E-state index < -0.39 is 0 Å². The summed E-state index contributed by atoms with van der Waals surface area (Å²) >= 11 is 5.57. The van der Waals surface area contributed by atoms with Crippen molar-refractivity contribution in [1.29, 1.82) is 0 Å². The zero-order valence-electron chi connectivity index (χ0n) is 14.6. The molecule has 8 heteroatoms. The highest BCUT2D eigenvalue weighted by atomic mass is 32.1. The molecule has 0 amide bonds. The van der Waals surface area contributed by atoms with E-state index in [0.717, 1.165) is 25.9 Å². The Balaban J connectivity index is 1.72. The lowest BCUT2D eigenvalue weighted by atomic mass is 10.1. The normalized spacial score (nSPS) is 20.1. The largest absolute Gasteiger partial charge is 0.486 e. The zero-order chi connectivity index (χ0) is 18.5. The average Bonchev–Trinajstić information content (AvgIpc) is 2.92. The first-order chi connectivity index (χ1) is 12.6. The quantitative estimate of drug-likeness (QED) is 0.563. The number of aliphatic hydroxyl groups excluding tert-OH is 1. The number of benzene rings is 1. The lowest BCUT2D eigenvalue weighted by Gasteiger charge is -2.26. The van der Waals surface area contributed by atoms with Crippen molar-refractivity contribution in [3.8, 4) is 5.75 Å². The van der Waals surface area contributed by atoms with Gasteiger partial charge >= 0.3 is 0 Å². The van der Waals surface area contributed by atoms with Crippen molar-refractivity contribution < 1.29 is 19.1 Å². The smallest absolute Gasteiger partial charge is 0.203 e. The molecule has 0 aliphatic carbocycles. The topological polar surface area (TPSA) is 56.7 Å². The molecule has 0 bridgehead atoms. The Morgan fingerprint density at radius 2 is 2.04 bits per heavy atom. The van der Waals surface area contributed by atoms with E-state index in [4.69, 9.17) is 17.0 Å². The molecule has 0 saturated carbocycles. The van der Waals surface area contributed by atoms with Gasteiger partial charge in [-0.25, -0.2) is 4.39 Å². The molecule has 2 aromatic rings. The Kier molecular flexibility index (Phi) is 6.18. The van der Waals surface area contributed by atoms with Crippen LogP contribution in [0, 0.1) is 10.6 Å². The molecule has 2 heterocycles. The number of quaternary nitrogens is 1. The minimum Gasteiger partial charge on any atom is -0.486 e. The molecule has 1 aliphatic heterocycles. The molecular weight excluding hydrogens is 355 g/mol. The van der Waals surface area contributed by atoms with Crippen molar-refractivity contribution in [2.45, 2.75) is 38.8 Å². The molecule has 0 spiro atoms. The Bertz CT molecular complexity index is 795. The number of hydrogen-bond donors (Lipinski definition) is 2. The van der Waals surface area contributed by atoms with E-state index in [0.29, 0.717) is 29.6 Å². The Labute approximate surface area is 157 Å². The molecule has 0 radical (unpaired) electrons. The number of aliphatic hydroxyl groups is 1. The second-order valence-corrected chi connectivity index (χ2v) is 6.84. The SMILES string of the molecule is C=CCn1c(COc2ccc(F)cc2)nn(C[NH+]2CCC(O)CC2)c1=S. The lowest BCUT2D eigenvalue weighted by Crippen LogP contribution is -3.12. The van der Waals surface area contributed by atoms with E-state index in [2.05, 4.69) is 11.7 Å². The van der Waals surface area contributed by atoms with Gasteiger partial charge in [0.25, 0.3) is 0 Å². The van der Waals surface area contributed by atoms with Gasteiger partial charge in [0, 0.05) is 19.4 Å². The number of likely N-dealkylation sites (tertiary alicyclic amines) is 1. The van der Waals surface area contributed by atoms with Crippen LogP contribution in [0.2, 0.25) is 0 Å². The number of aromatic nitrogens is 3. The van der Waals surface area contributed by atoms with Crippen LogP contribution in [0.1, 0.15) is 18.7 Å². The average molecular weight is 379 g/mol. The molecule has 26 heavy (non-hydrogen) atoms. The van der Waals surface area contributed by atoms with Crippen LogP contribution in [0.25, 0.3) is 0 Å². The highest BCUT2D eigenvalue weighted by Crippen LogP contribution is 2.13. The van der Waals surface area contributed by atoms with Gasteiger partial charge in [0.1, 0.15) is 18.2 Å². The number of nitrogens with one attached hydrogen (secondary N) is 1. The van der Waals surface area contributed by atoms with E-state index in [1.807, 2.05) is 9.25 Å². The first kappa shape index (κ1) is 18.8. The van der Waals surface area contributed by atoms with Gasteiger partial charge in [-0.05, 0) is 36.5 Å². The number of nitrogens with zero attached hydrogens (tertiary/aromatic N) is 3. The molecule has 1 aromatic carbocycles. The van der Waals surface area contributed by atoms with Gasteiger partial charge in [0.05, 0.1) is 19.2 Å². The van der Waals surface area contributed by atoms with Crippen LogP contribution >= 0.6 is 12.2 Å². The van der Waals surface area contributed by atoms with Gasteiger partial charge in [-0.15, -0.1) is 11.7 Å². The van der Waals surface area contributed by atoms with Crippen molar-refractivity contribution in [2.24, 2.45) is 0 Å². The van der Waals surface area contributed by atoms with Crippen LogP contribution in [0.3, 0.4) is 0 Å². The Morgan fingerprint density at radius 1 is 1.35 bits per heavy atom. The van der Waals surface area contributed by atoms with Crippen LogP contribution < -0.4 is 9.64 Å². The summed E-state index contributed by atoms with van der Waals surface area (Å²) in [4.78, 5) is 1.35. The predicted molar refractivity (Wildman–Crippen MR) is 97.9 cm³/mol. The van der Waals surface area contributed by atoms with Gasteiger partial charge in [-0.2, -0.15) is 4.68 Å². The number of rotatable bonds is 7. The molecule has 1 saturated heterocycles. The van der Waals surface area contributed by atoms with Gasteiger partial charge < -0.3 is 14.7 Å². The number of piperidine rings is 1. The van der Waals surface area contributed by atoms with E-state index in [1.165, 1.54) is 17.0 Å². The first-order valence-corrected chi connectivity index (χ1v) is 9.15. The van der Waals surface area contributed by atoms with Crippen molar-refractivity contribution in [1.82, 2.24) is 14.3 Å². The second-order valence-electron chi connectivity index (χ2n) is 6.48. The van der Waals surface area contributed by atoms with Gasteiger partial charge in [-0.3, -0.25) is 4.57 Å². The highest BCUT2D eigenvalue weighted by Gasteiger charge is 2.22. The molecule has 140 valence electrons. The Morgan fingerprint density at radius 3 is 2.69 bits per heavy atom. The molecule has 3 rings (SSSR count). The highest BCUT2D eigenvalue weighted by molar-refractivity contribution is 7.71. The van der Waals surface area contributed by atoms with Crippen molar-refractivity contribution in [3.05, 3.63) is 53.3 Å². The fraction of sp³-hybridized carbons (Fsp3) is 0.444. The number of hydrogen-bond acceptors (Lipinski definition) is 4. The van der Waals surface area contributed by atoms with Crippen LogP contribution in [-0.4, -0.2) is 38.6 Å². The molecule has 2 N–H and O–H groups in total. The first-order valence-electron chi connectivity index (χ1n) is 8.74. The molecular formula is C18H24FN4O2S+. The van der Waals surface area contributed by atoms with Crippen LogP contribution in [0.15, 0.2) is 36.9 Å². The molecule has 1 aromatic heterocycles. The molecule has 1 aliphatic rings. The molecule has 0 unspecified atom stereocenters. The third kappa shape index (κ3) is 4.57. The van der Waals surface area contributed by atoms with Crippen LogP contribution in [0.5, 0.6) is 5.75 Å². The third-order valence-electron chi connectivity index (χ3n) is 4.53. The molecule has 1 fully saturated rings. The van der Waals surface area contributed by atoms with Crippen LogP contribution in [0.4, 0.5) is 4.39 Å². The maximum Gasteiger partial charge on any atom is 0.203 e.